The summed E-state index contributed by atoms with van der Waals surface area (Å²) in [7, 11) is 1.98. The van der Waals surface area contributed by atoms with Crippen LogP contribution >= 0.6 is 0 Å². The van der Waals surface area contributed by atoms with Crippen molar-refractivity contribution in [3.05, 3.63) is 40.8 Å². The number of hydrogen-bond acceptors (Lipinski definition) is 4. The molecule has 0 bridgehead atoms. The molecule has 0 spiro atoms. The second kappa shape index (κ2) is 8.88. The van der Waals surface area contributed by atoms with E-state index in [1.54, 1.807) is 0 Å². The molecule has 1 aliphatic heterocycles. The topological polar surface area (TPSA) is 70.4 Å². The smallest absolute Gasteiger partial charge is 0.191 e. The first-order chi connectivity index (χ1) is 13.1. The molecule has 7 nitrogen and oxygen atoms in total. The van der Waals surface area contributed by atoms with E-state index in [4.69, 9.17) is 4.99 Å². The highest BCUT2D eigenvalue weighted by molar-refractivity contribution is 5.79. The summed E-state index contributed by atoms with van der Waals surface area (Å²) < 4.78 is 1.92. The van der Waals surface area contributed by atoms with E-state index >= 15 is 0 Å². The fourth-order valence-corrected chi connectivity index (χ4v) is 3.44. The quantitative estimate of drug-likeness (QED) is 0.604. The lowest BCUT2D eigenvalue weighted by Gasteiger charge is -2.16. The molecule has 2 aromatic rings. The maximum Gasteiger partial charge on any atom is 0.191 e. The Morgan fingerprint density at radius 2 is 2.00 bits per heavy atom. The van der Waals surface area contributed by atoms with Gasteiger partial charge in [0.05, 0.1) is 12.2 Å². The van der Waals surface area contributed by atoms with Crippen molar-refractivity contribution in [2.24, 2.45) is 12.0 Å². The molecule has 0 saturated carbocycles. The minimum absolute atomic E-state index is 0.629. The van der Waals surface area contributed by atoms with Crippen molar-refractivity contribution in [3.63, 3.8) is 0 Å². The van der Waals surface area contributed by atoms with E-state index in [0.717, 1.165) is 37.1 Å². The summed E-state index contributed by atoms with van der Waals surface area (Å²) in [5.74, 6) is 1.89. The van der Waals surface area contributed by atoms with Gasteiger partial charge in [0, 0.05) is 50.7 Å². The van der Waals surface area contributed by atoms with E-state index in [9.17, 15) is 0 Å². The normalized spacial score (nSPS) is 14.7. The molecule has 1 saturated heterocycles. The number of aliphatic imine (C=N–C) groups is 1. The molecule has 3 heterocycles. The number of anilines is 1. The zero-order chi connectivity index (χ0) is 19.2. The van der Waals surface area contributed by atoms with Gasteiger partial charge in [-0.25, -0.2) is 9.98 Å². The van der Waals surface area contributed by atoms with Crippen LogP contribution in [-0.2, 0) is 20.1 Å². The zero-order valence-corrected chi connectivity index (χ0v) is 16.9. The van der Waals surface area contributed by atoms with Crippen molar-refractivity contribution in [1.82, 2.24) is 25.4 Å². The average Bonchev–Trinajstić information content (AvgIpc) is 3.28. The number of aromatic nitrogens is 3. The molecule has 2 aromatic heterocycles. The highest BCUT2D eigenvalue weighted by atomic mass is 15.3. The molecule has 0 aromatic carbocycles. The highest BCUT2D eigenvalue weighted by Crippen LogP contribution is 2.18. The second-order valence-electron chi connectivity index (χ2n) is 7.04. The van der Waals surface area contributed by atoms with Crippen molar-refractivity contribution >= 4 is 11.8 Å². The third-order valence-corrected chi connectivity index (χ3v) is 5.10. The maximum absolute atomic E-state index is 4.75. The largest absolute Gasteiger partial charge is 0.357 e. The Hall–Kier alpha value is -2.57. The number of guanidine groups is 1. The predicted molar refractivity (Wildman–Crippen MR) is 110 cm³/mol. The molecule has 1 fully saturated rings. The summed E-state index contributed by atoms with van der Waals surface area (Å²) in [6, 6.07) is 4.20. The van der Waals surface area contributed by atoms with Gasteiger partial charge in [-0.05, 0) is 51.3 Å². The van der Waals surface area contributed by atoms with Crippen molar-refractivity contribution in [3.8, 4) is 0 Å². The van der Waals surface area contributed by atoms with Crippen LogP contribution in [0.25, 0.3) is 0 Å². The van der Waals surface area contributed by atoms with Crippen LogP contribution in [0.15, 0.2) is 23.3 Å². The minimum Gasteiger partial charge on any atom is -0.357 e. The Labute approximate surface area is 161 Å². The Bertz CT molecular complexity index is 788. The maximum atomic E-state index is 4.75. The molecule has 0 unspecified atom stereocenters. The van der Waals surface area contributed by atoms with Crippen LogP contribution in [-0.4, -0.2) is 40.4 Å². The van der Waals surface area contributed by atoms with Crippen molar-refractivity contribution in [1.29, 1.82) is 0 Å². The second-order valence-corrected chi connectivity index (χ2v) is 7.04. The van der Waals surface area contributed by atoms with Gasteiger partial charge >= 0.3 is 0 Å². The van der Waals surface area contributed by atoms with Crippen LogP contribution in [0.2, 0.25) is 0 Å². The Balaban J connectivity index is 1.66. The van der Waals surface area contributed by atoms with Crippen molar-refractivity contribution < 1.29 is 0 Å². The summed E-state index contributed by atoms with van der Waals surface area (Å²) in [4.78, 5) is 11.6. The van der Waals surface area contributed by atoms with Gasteiger partial charge in [0.2, 0.25) is 0 Å². The fraction of sp³-hybridized carbons (Fsp3) is 0.550. The van der Waals surface area contributed by atoms with Gasteiger partial charge in [-0.1, -0.05) is 0 Å². The van der Waals surface area contributed by atoms with E-state index < -0.39 is 0 Å². The Kier molecular flexibility index (Phi) is 6.32. The van der Waals surface area contributed by atoms with Gasteiger partial charge in [-0.2, -0.15) is 5.10 Å². The van der Waals surface area contributed by atoms with Crippen LogP contribution in [0.5, 0.6) is 0 Å². The number of aryl methyl sites for hydroxylation is 2. The monoisotopic (exact) mass is 369 g/mol. The van der Waals surface area contributed by atoms with Gasteiger partial charge in [-0.15, -0.1) is 0 Å². The molecule has 0 amide bonds. The van der Waals surface area contributed by atoms with Gasteiger partial charge in [-0.3, -0.25) is 4.68 Å². The molecule has 2 N–H and O–H groups in total. The minimum atomic E-state index is 0.629. The van der Waals surface area contributed by atoms with E-state index in [2.05, 4.69) is 45.5 Å². The summed E-state index contributed by atoms with van der Waals surface area (Å²) in [5, 5.41) is 11.2. The van der Waals surface area contributed by atoms with E-state index in [0.29, 0.717) is 13.1 Å². The molecule has 3 rings (SSSR count). The number of nitrogens with one attached hydrogen (secondary N) is 2. The molecule has 146 valence electrons. The van der Waals surface area contributed by atoms with Crippen molar-refractivity contribution in [2.45, 2.75) is 46.7 Å². The van der Waals surface area contributed by atoms with E-state index in [1.807, 2.05) is 30.9 Å². The van der Waals surface area contributed by atoms with Gasteiger partial charge in [0.15, 0.2) is 5.96 Å². The SMILES string of the molecule is CCNC(=NCc1ccnc(N2CCCC2)c1)NCc1c(C)nn(C)c1C. The van der Waals surface area contributed by atoms with Crippen LogP contribution in [0, 0.1) is 13.8 Å². The first kappa shape index (κ1) is 19.2. The highest BCUT2D eigenvalue weighted by Gasteiger charge is 2.13. The number of hydrogen-bond donors (Lipinski definition) is 2. The Morgan fingerprint density at radius 1 is 1.22 bits per heavy atom. The molecule has 7 heteroatoms. The first-order valence-corrected chi connectivity index (χ1v) is 9.79. The number of nitrogens with zero attached hydrogens (tertiary/aromatic N) is 5. The van der Waals surface area contributed by atoms with Crippen LogP contribution in [0.4, 0.5) is 5.82 Å². The van der Waals surface area contributed by atoms with Crippen LogP contribution < -0.4 is 15.5 Å². The lowest BCUT2D eigenvalue weighted by molar-refractivity contribution is 0.728. The molecule has 1 aliphatic rings. The molecule has 0 atom stereocenters. The third-order valence-electron chi connectivity index (χ3n) is 5.10. The fourth-order valence-electron chi connectivity index (χ4n) is 3.44. The van der Waals surface area contributed by atoms with E-state index in [1.165, 1.54) is 29.7 Å². The summed E-state index contributed by atoms with van der Waals surface area (Å²) in [6.45, 7) is 10.6. The zero-order valence-electron chi connectivity index (χ0n) is 16.9. The molecule has 0 aliphatic carbocycles. The van der Waals surface area contributed by atoms with Crippen LogP contribution in [0.1, 0.15) is 42.3 Å². The summed E-state index contributed by atoms with van der Waals surface area (Å²) in [6.07, 6.45) is 4.40. The Morgan fingerprint density at radius 3 is 2.67 bits per heavy atom. The summed E-state index contributed by atoms with van der Waals surface area (Å²) in [5.41, 5.74) is 4.64. The molecule has 27 heavy (non-hydrogen) atoms. The summed E-state index contributed by atoms with van der Waals surface area (Å²) >= 11 is 0. The third kappa shape index (κ3) is 4.78. The van der Waals surface area contributed by atoms with E-state index in [-0.39, 0.29) is 0 Å². The number of rotatable bonds is 6. The van der Waals surface area contributed by atoms with Crippen molar-refractivity contribution in [2.75, 3.05) is 24.5 Å². The standard InChI is InChI=1S/C20H31N7/c1-5-21-20(24-14-18-15(2)25-26(4)16(18)3)23-13-17-8-9-22-19(12-17)27-10-6-7-11-27/h8-9,12H,5-7,10-11,13-14H2,1-4H3,(H2,21,23,24). The van der Waals surface area contributed by atoms with Gasteiger partial charge in [0.25, 0.3) is 0 Å². The average molecular weight is 370 g/mol. The van der Waals surface area contributed by atoms with Crippen LogP contribution in [0.3, 0.4) is 0 Å². The molecular weight excluding hydrogens is 338 g/mol. The molecule has 0 radical (unpaired) electrons. The van der Waals surface area contributed by atoms with Gasteiger partial charge in [0.1, 0.15) is 5.82 Å². The van der Waals surface area contributed by atoms with Gasteiger partial charge < -0.3 is 15.5 Å². The number of pyridine rings is 1. The lowest BCUT2D eigenvalue weighted by atomic mass is 10.2. The first-order valence-electron chi connectivity index (χ1n) is 9.79. The predicted octanol–water partition coefficient (Wildman–Crippen LogP) is 2.29. The molecular formula is C20H31N7. The lowest BCUT2D eigenvalue weighted by Crippen LogP contribution is -2.37.